The van der Waals surface area contributed by atoms with Crippen molar-refractivity contribution in [1.82, 2.24) is 9.80 Å². The summed E-state index contributed by atoms with van der Waals surface area (Å²) in [5, 5.41) is 1.16. The smallest absolute Gasteiger partial charge is 0.0126 e. The molecule has 0 N–H and O–H groups in total. The molecule has 0 aromatic carbocycles. The lowest BCUT2D eigenvalue weighted by molar-refractivity contribution is 0.0617. The summed E-state index contributed by atoms with van der Waals surface area (Å²) in [6.07, 6.45) is 4.05. The van der Waals surface area contributed by atoms with Crippen LogP contribution in [-0.2, 0) is 0 Å². The molecule has 2 nitrogen and oxygen atoms in total. The minimum atomic E-state index is 0.349. The lowest BCUT2D eigenvalue weighted by atomic mass is 10.0. The van der Waals surface area contributed by atoms with Gasteiger partial charge in [-0.3, -0.25) is 4.90 Å². The van der Waals surface area contributed by atoms with Gasteiger partial charge in [0.05, 0.1) is 0 Å². The molecule has 0 atom stereocenters. The number of alkyl halides is 1. The second-order valence-corrected chi connectivity index (χ2v) is 6.54. The molecule has 1 fully saturated rings. The van der Waals surface area contributed by atoms with Crippen LogP contribution in [0.15, 0.2) is 0 Å². The zero-order valence-corrected chi connectivity index (χ0v) is 12.7. The fourth-order valence-corrected chi connectivity index (χ4v) is 2.65. The van der Waals surface area contributed by atoms with Crippen LogP contribution in [0, 0.1) is 0 Å². The van der Waals surface area contributed by atoms with Crippen LogP contribution in [0.2, 0.25) is 0 Å². The molecule has 16 heavy (non-hydrogen) atoms. The van der Waals surface area contributed by atoms with Gasteiger partial charge in [0.25, 0.3) is 0 Å². The maximum Gasteiger partial charge on any atom is 0.0126 e. The molecule has 0 spiro atoms. The fourth-order valence-electron chi connectivity index (χ4n) is 2.25. The number of halogens is 1. The Bertz CT molecular complexity index is 181. The van der Waals surface area contributed by atoms with Crippen LogP contribution in [0.5, 0.6) is 0 Å². The van der Waals surface area contributed by atoms with Gasteiger partial charge in [0.15, 0.2) is 0 Å². The van der Waals surface area contributed by atoms with E-state index in [0.717, 1.165) is 5.33 Å². The van der Waals surface area contributed by atoms with E-state index in [-0.39, 0.29) is 0 Å². The number of unbranched alkanes of at least 4 members (excludes halogenated alkanes) is 2. The van der Waals surface area contributed by atoms with E-state index >= 15 is 0 Å². The van der Waals surface area contributed by atoms with E-state index in [9.17, 15) is 0 Å². The first kappa shape index (κ1) is 14.5. The summed E-state index contributed by atoms with van der Waals surface area (Å²) in [5.74, 6) is 0. The minimum Gasteiger partial charge on any atom is -0.301 e. The van der Waals surface area contributed by atoms with Crippen molar-refractivity contribution < 1.29 is 0 Å². The Hall–Kier alpha value is 0.400. The predicted molar refractivity (Wildman–Crippen MR) is 75.4 cm³/mol. The number of hydrogen-bond donors (Lipinski definition) is 0. The van der Waals surface area contributed by atoms with Gasteiger partial charge in [-0.15, -0.1) is 0 Å². The first-order chi connectivity index (χ1) is 7.54. The van der Waals surface area contributed by atoms with E-state index in [0.29, 0.717) is 5.54 Å². The molecule has 0 unspecified atom stereocenters. The Morgan fingerprint density at radius 3 is 2.06 bits per heavy atom. The van der Waals surface area contributed by atoms with Crippen molar-refractivity contribution in [3.63, 3.8) is 0 Å². The molecular formula is C13H27BrN2. The van der Waals surface area contributed by atoms with Crippen LogP contribution >= 0.6 is 15.9 Å². The fraction of sp³-hybridized carbons (Fsp3) is 1.00. The monoisotopic (exact) mass is 290 g/mol. The van der Waals surface area contributed by atoms with Gasteiger partial charge in [0, 0.05) is 37.0 Å². The van der Waals surface area contributed by atoms with E-state index in [1.807, 2.05) is 0 Å². The summed E-state index contributed by atoms with van der Waals surface area (Å²) in [4.78, 5) is 5.22. The first-order valence-corrected chi connectivity index (χ1v) is 7.69. The van der Waals surface area contributed by atoms with Crippen molar-refractivity contribution in [3.05, 3.63) is 0 Å². The topological polar surface area (TPSA) is 6.48 Å². The number of hydrogen-bond acceptors (Lipinski definition) is 2. The number of nitrogens with zero attached hydrogens (tertiary/aromatic N) is 2. The SMILES string of the molecule is CC(C)(C)N1CCN(CCCCCBr)CC1. The van der Waals surface area contributed by atoms with Gasteiger partial charge in [-0.25, -0.2) is 0 Å². The molecule has 0 radical (unpaired) electrons. The molecule has 3 heteroatoms. The summed E-state index contributed by atoms with van der Waals surface area (Å²) >= 11 is 3.48. The third kappa shape index (κ3) is 5.15. The molecule has 0 aliphatic carbocycles. The first-order valence-electron chi connectivity index (χ1n) is 6.57. The molecule has 0 saturated carbocycles. The molecule has 1 heterocycles. The maximum absolute atomic E-state index is 3.48. The van der Waals surface area contributed by atoms with Crippen molar-refractivity contribution in [1.29, 1.82) is 0 Å². The Morgan fingerprint density at radius 1 is 0.938 bits per heavy atom. The van der Waals surface area contributed by atoms with Crippen LogP contribution in [0.25, 0.3) is 0 Å². The third-order valence-corrected chi connectivity index (χ3v) is 3.99. The van der Waals surface area contributed by atoms with E-state index in [1.54, 1.807) is 0 Å². The lowest BCUT2D eigenvalue weighted by Gasteiger charge is -2.42. The largest absolute Gasteiger partial charge is 0.301 e. The quantitative estimate of drug-likeness (QED) is 0.567. The second kappa shape index (κ2) is 6.97. The van der Waals surface area contributed by atoms with Crippen molar-refractivity contribution in [3.8, 4) is 0 Å². The average molecular weight is 291 g/mol. The van der Waals surface area contributed by atoms with Crippen LogP contribution in [0.1, 0.15) is 40.0 Å². The molecular weight excluding hydrogens is 264 g/mol. The zero-order chi connectivity index (χ0) is 12.0. The van der Waals surface area contributed by atoms with Gasteiger partial charge in [-0.1, -0.05) is 22.4 Å². The van der Waals surface area contributed by atoms with Crippen molar-refractivity contribution in [2.75, 3.05) is 38.1 Å². The Labute approximate surface area is 109 Å². The minimum absolute atomic E-state index is 0.349. The molecule has 1 aliphatic heterocycles. The van der Waals surface area contributed by atoms with Gasteiger partial charge < -0.3 is 4.90 Å². The molecule has 1 saturated heterocycles. The van der Waals surface area contributed by atoms with Gasteiger partial charge in [-0.2, -0.15) is 0 Å². The summed E-state index contributed by atoms with van der Waals surface area (Å²) in [6.45, 7) is 13.2. The van der Waals surface area contributed by atoms with Gasteiger partial charge in [0.1, 0.15) is 0 Å². The highest BCUT2D eigenvalue weighted by molar-refractivity contribution is 9.09. The Balaban J connectivity index is 2.12. The molecule has 0 bridgehead atoms. The number of rotatable bonds is 5. The predicted octanol–water partition coefficient (Wildman–Crippen LogP) is 2.97. The molecule has 1 aliphatic rings. The lowest BCUT2D eigenvalue weighted by Crippen LogP contribution is -2.53. The normalized spacial score (nSPS) is 20.2. The highest BCUT2D eigenvalue weighted by atomic mass is 79.9. The van der Waals surface area contributed by atoms with E-state index < -0.39 is 0 Å². The van der Waals surface area contributed by atoms with Crippen molar-refractivity contribution in [2.45, 2.75) is 45.6 Å². The van der Waals surface area contributed by atoms with Crippen LogP contribution in [0.3, 0.4) is 0 Å². The summed E-state index contributed by atoms with van der Waals surface area (Å²) in [5.41, 5.74) is 0.349. The van der Waals surface area contributed by atoms with Gasteiger partial charge in [-0.05, 0) is 40.2 Å². The Morgan fingerprint density at radius 2 is 1.56 bits per heavy atom. The molecule has 0 aromatic rings. The van der Waals surface area contributed by atoms with E-state index in [4.69, 9.17) is 0 Å². The van der Waals surface area contributed by atoms with Crippen molar-refractivity contribution >= 4 is 15.9 Å². The van der Waals surface area contributed by atoms with E-state index in [1.165, 1.54) is 52.0 Å². The highest BCUT2D eigenvalue weighted by Crippen LogP contribution is 2.16. The maximum atomic E-state index is 3.48. The van der Waals surface area contributed by atoms with Crippen molar-refractivity contribution in [2.24, 2.45) is 0 Å². The summed E-state index contributed by atoms with van der Waals surface area (Å²) < 4.78 is 0. The molecule has 1 rings (SSSR count). The third-order valence-electron chi connectivity index (χ3n) is 3.43. The van der Waals surface area contributed by atoms with Crippen LogP contribution < -0.4 is 0 Å². The second-order valence-electron chi connectivity index (χ2n) is 5.75. The highest BCUT2D eigenvalue weighted by Gasteiger charge is 2.25. The van der Waals surface area contributed by atoms with Crippen LogP contribution in [-0.4, -0.2) is 53.4 Å². The van der Waals surface area contributed by atoms with E-state index in [2.05, 4.69) is 46.5 Å². The molecule has 0 aromatic heterocycles. The summed E-state index contributed by atoms with van der Waals surface area (Å²) in [7, 11) is 0. The van der Waals surface area contributed by atoms with Crippen LogP contribution in [0.4, 0.5) is 0 Å². The number of piperazine rings is 1. The summed E-state index contributed by atoms with van der Waals surface area (Å²) in [6, 6.07) is 0. The average Bonchev–Trinajstić information content (AvgIpc) is 2.24. The molecule has 0 amide bonds. The Kier molecular flexibility index (Phi) is 6.30. The molecule has 96 valence electrons. The zero-order valence-electron chi connectivity index (χ0n) is 11.1. The standard InChI is InChI=1S/C13H27BrN2/c1-13(2,3)16-11-9-15(10-12-16)8-6-4-5-7-14/h4-12H2,1-3H3. The van der Waals surface area contributed by atoms with Gasteiger partial charge >= 0.3 is 0 Å². The van der Waals surface area contributed by atoms with Gasteiger partial charge in [0.2, 0.25) is 0 Å².